The van der Waals surface area contributed by atoms with Crippen LogP contribution in [0.3, 0.4) is 0 Å². The summed E-state index contributed by atoms with van der Waals surface area (Å²) >= 11 is 6.31. The van der Waals surface area contributed by atoms with Gasteiger partial charge in [-0.25, -0.2) is 4.98 Å². The molecule has 4 atom stereocenters. The van der Waals surface area contributed by atoms with Gasteiger partial charge in [0.25, 0.3) is 0 Å². The van der Waals surface area contributed by atoms with Crippen LogP contribution in [0.15, 0.2) is 6.07 Å². The highest BCUT2D eigenvalue weighted by atomic mass is 35.5. The standard InChI is InChI=1S/C23H35ClN4O3/c1-4-16-11-18(12-17(5-2)28(16)22(29)10-15-6-7-15)27(3)23-25-20(24)13-21(26-23)31-19-8-9-30-14-19/h13,15-19H,4-12,14H2,1-3H3/t16-,17+,18?,19-/m0/s1. The van der Waals surface area contributed by atoms with E-state index in [0.717, 1.165) is 38.5 Å². The number of piperidine rings is 1. The number of aromatic nitrogens is 2. The zero-order valence-electron chi connectivity index (χ0n) is 18.9. The molecule has 7 nitrogen and oxygen atoms in total. The van der Waals surface area contributed by atoms with E-state index in [-0.39, 0.29) is 24.2 Å². The van der Waals surface area contributed by atoms with E-state index in [1.807, 2.05) is 7.05 Å². The Balaban J connectivity index is 1.48. The lowest BCUT2D eigenvalue weighted by molar-refractivity contribution is -0.139. The van der Waals surface area contributed by atoms with E-state index in [0.29, 0.717) is 42.0 Å². The Kier molecular flexibility index (Phi) is 7.22. The van der Waals surface area contributed by atoms with Crippen molar-refractivity contribution >= 4 is 23.5 Å². The number of carbonyl (C=O) groups is 1. The first kappa shape index (κ1) is 22.6. The van der Waals surface area contributed by atoms with Crippen LogP contribution >= 0.6 is 11.6 Å². The van der Waals surface area contributed by atoms with E-state index in [9.17, 15) is 4.79 Å². The minimum atomic E-state index is 0.0128. The molecule has 1 saturated carbocycles. The first-order valence-electron chi connectivity index (χ1n) is 11.8. The number of nitrogens with zero attached hydrogens (tertiary/aromatic N) is 4. The van der Waals surface area contributed by atoms with Crippen LogP contribution in [0.5, 0.6) is 5.88 Å². The predicted molar refractivity (Wildman–Crippen MR) is 121 cm³/mol. The molecule has 1 aromatic heterocycles. The first-order valence-corrected chi connectivity index (χ1v) is 12.2. The van der Waals surface area contributed by atoms with E-state index < -0.39 is 0 Å². The number of anilines is 1. The molecule has 3 heterocycles. The quantitative estimate of drug-likeness (QED) is 0.556. The van der Waals surface area contributed by atoms with Gasteiger partial charge in [0, 0.05) is 44.1 Å². The molecule has 172 valence electrons. The smallest absolute Gasteiger partial charge is 0.230 e. The number of ether oxygens (including phenoxy) is 2. The SMILES string of the molecule is CC[C@@H]1CC(N(C)c2nc(Cl)cc(O[C@H]3CCOC3)n2)C[C@H](CC)N1C(=O)CC1CC1. The van der Waals surface area contributed by atoms with E-state index in [4.69, 9.17) is 21.1 Å². The predicted octanol–water partition coefficient (Wildman–Crippen LogP) is 4.08. The number of rotatable bonds is 8. The molecule has 4 rings (SSSR count). The lowest BCUT2D eigenvalue weighted by Crippen LogP contribution is -2.56. The number of carbonyl (C=O) groups excluding carboxylic acids is 1. The summed E-state index contributed by atoms with van der Waals surface area (Å²) < 4.78 is 11.4. The van der Waals surface area contributed by atoms with E-state index in [1.165, 1.54) is 12.8 Å². The topological polar surface area (TPSA) is 67.8 Å². The van der Waals surface area contributed by atoms with Crippen LogP contribution in [0.2, 0.25) is 5.15 Å². The second-order valence-electron chi connectivity index (χ2n) is 9.24. The molecule has 1 aliphatic carbocycles. The third-order valence-corrected chi connectivity index (χ3v) is 7.16. The molecular weight excluding hydrogens is 416 g/mol. The molecule has 0 spiro atoms. The van der Waals surface area contributed by atoms with Crippen molar-refractivity contribution in [2.75, 3.05) is 25.2 Å². The normalized spacial score (nSPS) is 28.6. The van der Waals surface area contributed by atoms with Crippen LogP contribution in [-0.2, 0) is 9.53 Å². The minimum Gasteiger partial charge on any atom is -0.472 e. The van der Waals surface area contributed by atoms with Crippen LogP contribution in [-0.4, -0.2) is 65.3 Å². The molecule has 0 bridgehead atoms. The molecule has 0 aromatic carbocycles. The zero-order chi connectivity index (χ0) is 22.0. The third kappa shape index (κ3) is 5.43. The van der Waals surface area contributed by atoms with Gasteiger partial charge in [-0.2, -0.15) is 4.98 Å². The maximum absolute atomic E-state index is 13.0. The van der Waals surface area contributed by atoms with Gasteiger partial charge in [0.1, 0.15) is 11.3 Å². The summed E-state index contributed by atoms with van der Waals surface area (Å²) in [6.45, 7) is 5.66. The summed E-state index contributed by atoms with van der Waals surface area (Å²) in [4.78, 5) is 26.5. The van der Waals surface area contributed by atoms with Gasteiger partial charge < -0.3 is 19.3 Å². The van der Waals surface area contributed by atoms with Gasteiger partial charge in [-0.15, -0.1) is 0 Å². The summed E-state index contributed by atoms with van der Waals surface area (Å²) in [5.74, 6) is 2.03. The Hall–Kier alpha value is -1.60. The number of amides is 1. The second kappa shape index (κ2) is 9.90. The monoisotopic (exact) mass is 450 g/mol. The maximum Gasteiger partial charge on any atom is 0.230 e. The van der Waals surface area contributed by atoms with Crippen LogP contribution in [0.1, 0.15) is 65.2 Å². The summed E-state index contributed by atoms with van der Waals surface area (Å²) in [6.07, 6.45) is 7.77. The average molecular weight is 451 g/mol. The number of likely N-dealkylation sites (tertiary alicyclic amines) is 1. The van der Waals surface area contributed by atoms with Gasteiger partial charge in [-0.1, -0.05) is 25.4 Å². The van der Waals surface area contributed by atoms with Crippen LogP contribution in [0, 0.1) is 5.92 Å². The van der Waals surface area contributed by atoms with E-state index >= 15 is 0 Å². The molecule has 1 aromatic rings. The average Bonchev–Trinajstić information content (AvgIpc) is 3.43. The molecule has 1 amide bonds. The number of halogens is 1. The fourth-order valence-electron chi connectivity index (χ4n) is 4.92. The van der Waals surface area contributed by atoms with Gasteiger partial charge in [0.2, 0.25) is 17.7 Å². The van der Waals surface area contributed by atoms with E-state index in [2.05, 4.69) is 33.6 Å². The molecule has 31 heavy (non-hydrogen) atoms. The van der Waals surface area contributed by atoms with Crippen molar-refractivity contribution in [2.24, 2.45) is 5.92 Å². The minimum absolute atomic E-state index is 0.0128. The molecule has 8 heteroatoms. The Morgan fingerprint density at radius 3 is 2.52 bits per heavy atom. The summed E-state index contributed by atoms with van der Waals surface area (Å²) in [5.41, 5.74) is 0. The highest BCUT2D eigenvalue weighted by Crippen LogP contribution is 2.37. The van der Waals surface area contributed by atoms with Gasteiger partial charge in [0.15, 0.2) is 0 Å². The largest absolute Gasteiger partial charge is 0.472 e. The third-order valence-electron chi connectivity index (χ3n) is 6.96. The van der Waals surface area contributed by atoms with Crippen molar-refractivity contribution in [3.05, 3.63) is 11.2 Å². The van der Waals surface area contributed by atoms with E-state index in [1.54, 1.807) is 6.07 Å². The lowest BCUT2D eigenvalue weighted by atomic mass is 9.87. The molecule has 3 aliphatic rings. The van der Waals surface area contributed by atoms with Gasteiger partial charge in [-0.05, 0) is 44.4 Å². The first-order chi connectivity index (χ1) is 15.0. The highest BCUT2D eigenvalue weighted by molar-refractivity contribution is 6.29. The Labute approximate surface area is 190 Å². The van der Waals surface area contributed by atoms with Crippen molar-refractivity contribution in [1.82, 2.24) is 14.9 Å². The number of hydrogen-bond acceptors (Lipinski definition) is 6. The van der Waals surface area contributed by atoms with Gasteiger partial charge in [0.05, 0.1) is 13.2 Å². The van der Waals surface area contributed by atoms with Gasteiger partial charge in [-0.3, -0.25) is 4.79 Å². The van der Waals surface area contributed by atoms with Crippen molar-refractivity contribution in [2.45, 2.75) is 89.4 Å². The van der Waals surface area contributed by atoms with Crippen molar-refractivity contribution in [3.63, 3.8) is 0 Å². The fourth-order valence-corrected chi connectivity index (χ4v) is 5.09. The van der Waals surface area contributed by atoms with Crippen molar-refractivity contribution < 1.29 is 14.3 Å². The molecule has 0 radical (unpaired) electrons. The molecule has 2 aliphatic heterocycles. The fraction of sp³-hybridized carbons (Fsp3) is 0.783. The van der Waals surface area contributed by atoms with Crippen molar-refractivity contribution in [1.29, 1.82) is 0 Å². The van der Waals surface area contributed by atoms with Crippen LogP contribution in [0.4, 0.5) is 5.95 Å². The second-order valence-corrected chi connectivity index (χ2v) is 9.63. The highest BCUT2D eigenvalue weighted by Gasteiger charge is 2.40. The summed E-state index contributed by atoms with van der Waals surface area (Å²) in [6, 6.07) is 2.42. The molecule has 1 unspecified atom stereocenters. The van der Waals surface area contributed by atoms with Crippen LogP contribution in [0.25, 0.3) is 0 Å². The Morgan fingerprint density at radius 2 is 1.94 bits per heavy atom. The van der Waals surface area contributed by atoms with Crippen molar-refractivity contribution in [3.8, 4) is 5.88 Å². The zero-order valence-corrected chi connectivity index (χ0v) is 19.7. The summed E-state index contributed by atoms with van der Waals surface area (Å²) in [5, 5.41) is 0.377. The molecule has 2 saturated heterocycles. The molecular formula is C23H35ClN4O3. The van der Waals surface area contributed by atoms with Gasteiger partial charge >= 0.3 is 0 Å². The summed E-state index contributed by atoms with van der Waals surface area (Å²) in [7, 11) is 2.03. The number of hydrogen-bond donors (Lipinski definition) is 0. The van der Waals surface area contributed by atoms with Crippen LogP contribution < -0.4 is 9.64 Å². The lowest BCUT2D eigenvalue weighted by Gasteiger charge is -2.47. The molecule has 0 N–H and O–H groups in total. The Bertz CT molecular complexity index is 755. The molecule has 3 fully saturated rings. The maximum atomic E-state index is 13.0. The Morgan fingerprint density at radius 1 is 1.23 bits per heavy atom.